The van der Waals surface area contributed by atoms with Crippen molar-refractivity contribution in [2.75, 3.05) is 32.1 Å². The summed E-state index contributed by atoms with van der Waals surface area (Å²) in [5, 5.41) is 2.82. The summed E-state index contributed by atoms with van der Waals surface area (Å²) in [6.45, 7) is 0.265. The molecule has 1 saturated heterocycles. The summed E-state index contributed by atoms with van der Waals surface area (Å²) >= 11 is 0. The van der Waals surface area contributed by atoms with Gasteiger partial charge >= 0.3 is 0 Å². The Hall–Kier alpha value is -3.11. The summed E-state index contributed by atoms with van der Waals surface area (Å²) in [6, 6.07) is 12.9. The Labute approximate surface area is 181 Å². The number of nitrogens with zero attached hydrogens (tertiary/aromatic N) is 1. The van der Waals surface area contributed by atoms with Gasteiger partial charge in [-0.05, 0) is 49.2 Å². The van der Waals surface area contributed by atoms with Crippen molar-refractivity contribution >= 4 is 27.5 Å². The van der Waals surface area contributed by atoms with Crippen molar-refractivity contribution in [3.05, 3.63) is 48.5 Å². The fraction of sp³-hybridized carbons (Fsp3) is 0.333. The van der Waals surface area contributed by atoms with Gasteiger partial charge in [-0.2, -0.15) is 4.31 Å². The van der Waals surface area contributed by atoms with Crippen LogP contribution in [0.1, 0.15) is 12.8 Å². The third-order valence-corrected chi connectivity index (χ3v) is 6.92. The summed E-state index contributed by atoms with van der Waals surface area (Å²) in [4.78, 5) is 23.7. The molecule has 0 aromatic heterocycles. The number of nitrogens with one attached hydrogen (secondary N) is 1. The number of hydrogen-bond acceptors (Lipinski definition) is 6. The molecule has 1 aliphatic rings. The van der Waals surface area contributed by atoms with E-state index in [1.807, 2.05) is 0 Å². The SMILES string of the molecule is COc1ccc(S(=O)(=O)N2CCC(C(=O)Nc3cccc(OCC(N)=O)c3)CC2)cc1. The molecule has 31 heavy (non-hydrogen) atoms. The molecule has 1 aliphatic heterocycles. The number of nitrogens with two attached hydrogens (primary N) is 1. The van der Waals surface area contributed by atoms with Crippen molar-refractivity contribution in [3.63, 3.8) is 0 Å². The van der Waals surface area contributed by atoms with Crippen LogP contribution in [-0.4, -0.2) is 51.3 Å². The molecule has 2 aromatic rings. The quantitative estimate of drug-likeness (QED) is 0.633. The molecule has 0 saturated carbocycles. The minimum atomic E-state index is -3.62. The van der Waals surface area contributed by atoms with Gasteiger partial charge in [0.15, 0.2) is 6.61 Å². The maximum absolute atomic E-state index is 12.8. The molecule has 0 bridgehead atoms. The molecule has 0 spiro atoms. The minimum Gasteiger partial charge on any atom is -0.497 e. The lowest BCUT2D eigenvalue weighted by molar-refractivity contribution is -0.121. The van der Waals surface area contributed by atoms with Crippen LogP contribution in [0.25, 0.3) is 0 Å². The Balaban J connectivity index is 1.57. The van der Waals surface area contributed by atoms with Crippen LogP contribution < -0.4 is 20.5 Å². The molecule has 0 atom stereocenters. The van der Waals surface area contributed by atoms with E-state index < -0.39 is 15.9 Å². The molecule has 10 heteroatoms. The standard InChI is InChI=1S/C21H25N3O6S/c1-29-17-5-7-19(8-6-17)31(27,28)24-11-9-15(10-12-24)21(26)23-16-3-2-4-18(13-16)30-14-20(22)25/h2-8,13,15H,9-12,14H2,1H3,(H2,22,25)(H,23,26). The Bertz CT molecular complexity index is 1030. The Morgan fingerprint density at radius 1 is 1.10 bits per heavy atom. The first kappa shape index (κ1) is 22.6. The number of sulfonamides is 1. The van der Waals surface area contributed by atoms with Crippen molar-refractivity contribution in [3.8, 4) is 11.5 Å². The van der Waals surface area contributed by atoms with Gasteiger partial charge in [-0.15, -0.1) is 0 Å². The zero-order valence-electron chi connectivity index (χ0n) is 17.1. The smallest absolute Gasteiger partial charge is 0.255 e. The van der Waals surface area contributed by atoms with Crippen LogP contribution >= 0.6 is 0 Å². The summed E-state index contributed by atoms with van der Waals surface area (Å²) in [6.07, 6.45) is 0.832. The average Bonchev–Trinajstić information content (AvgIpc) is 2.78. The average molecular weight is 448 g/mol. The second-order valence-electron chi connectivity index (χ2n) is 7.13. The third kappa shape index (κ3) is 5.74. The molecule has 3 N–H and O–H groups in total. The van der Waals surface area contributed by atoms with Gasteiger partial charge in [0.2, 0.25) is 15.9 Å². The van der Waals surface area contributed by atoms with Gasteiger partial charge in [0.05, 0.1) is 12.0 Å². The molecule has 0 unspecified atom stereocenters. The Morgan fingerprint density at radius 3 is 2.39 bits per heavy atom. The number of ether oxygens (including phenoxy) is 2. The van der Waals surface area contributed by atoms with Crippen molar-refractivity contribution in [2.45, 2.75) is 17.7 Å². The predicted molar refractivity (Wildman–Crippen MR) is 114 cm³/mol. The second kappa shape index (κ2) is 9.80. The van der Waals surface area contributed by atoms with Gasteiger partial charge in [-0.1, -0.05) is 6.07 Å². The molecule has 166 valence electrons. The molecule has 0 radical (unpaired) electrons. The summed E-state index contributed by atoms with van der Waals surface area (Å²) in [7, 11) is -2.10. The highest BCUT2D eigenvalue weighted by atomic mass is 32.2. The van der Waals surface area contributed by atoms with E-state index in [0.29, 0.717) is 30.0 Å². The zero-order chi connectivity index (χ0) is 22.4. The van der Waals surface area contributed by atoms with E-state index in [-0.39, 0.29) is 36.4 Å². The van der Waals surface area contributed by atoms with Crippen LogP contribution in [0.4, 0.5) is 5.69 Å². The Kier molecular flexibility index (Phi) is 7.13. The number of rotatable bonds is 8. The number of methoxy groups -OCH3 is 1. The van der Waals surface area contributed by atoms with Crippen LogP contribution in [0.3, 0.4) is 0 Å². The number of piperidine rings is 1. The van der Waals surface area contributed by atoms with E-state index in [2.05, 4.69) is 5.32 Å². The van der Waals surface area contributed by atoms with Gasteiger partial charge in [-0.3, -0.25) is 9.59 Å². The topological polar surface area (TPSA) is 128 Å². The molecule has 1 heterocycles. The first-order valence-corrected chi connectivity index (χ1v) is 11.2. The number of amides is 2. The third-order valence-electron chi connectivity index (χ3n) is 5.00. The highest BCUT2D eigenvalue weighted by Crippen LogP contribution is 2.26. The van der Waals surface area contributed by atoms with Crippen molar-refractivity contribution < 1.29 is 27.5 Å². The predicted octanol–water partition coefficient (Wildman–Crippen LogP) is 1.60. The summed E-state index contributed by atoms with van der Waals surface area (Å²) in [5.74, 6) is -0.0905. The largest absolute Gasteiger partial charge is 0.497 e. The maximum Gasteiger partial charge on any atom is 0.255 e. The fourth-order valence-electron chi connectivity index (χ4n) is 3.32. The molecule has 1 fully saturated rings. The minimum absolute atomic E-state index is 0.187. The lowest BCUT2D eigenvalue weighted by Gasteiger charge is -2.30. The zero-order valence-corrected chi connectivity index (χ0v) is 17.9. The number of primary amides is 1. The lowest BCUT2D eigenvalue weighted by Crippen LogP contribution is -2.41. The molecule has 9 nitrogen and oxygen atoms in total. The highest BCUT2D eigenvalue weighted by molar-refractivity contribution is 7.89. The number of benzene rings is 2. The number of hydrogen-bond donors (Lipinski definition) is 2. The van der Waals surface area contributed by atoms with Crippen LogP contribution in [0.15, 0.2) is 53.4 Å². The number of carbonyl (C=O) groups is 2. The normalized spacial score (nSPS) is 15.3. The van der Waals surface area contributed by atoms with Crippen LogP contribution in [-0.2, 0) is 19.6 Å². The van der Waals surface area contributed by atoms with Crippen molar-refractivity contribution in [2.24, 2.45) is 11.7 Å². The lowest BCUT2D eigenvalue weighted by atomic mass is 9.97. The molecule has 2 aromatic carbocycles. The van der Waals surface area contributed by atoms with Crippen molar-refractivity contribution in [1.82, 2.24) is 4.31 Å². The van der Waals surface area contributed by atoms with E-state index in [1.165, 1.54) is 23.5 Å². The van der Waals surface area contributed by atoms with E-state index in [1.54, 1.807) is 36.4 Å². The van der Waals surface area contributed by atoms with Crippen LogP contribution in [0.5, 0.6) is 11.5 Å². The maximum atomic E-state index is 12.8. The first-order chi connectivity index (χ1) is 14.8. The number of carbonyl (C=O) groups excluding carboxylic acids is 2. The van der Waals surface area contributed by atoms with E-state index in [9.17, 15) is 18.0 Å². The van der Waals surface area contributed by atoms with Gasteiger partial charge < -0.3 is 20.5 Å². The second-order valence-corrected chi connectivity index (χ2v) is 9.06. The van der Waals surface area contributed by atoms with Gasteiger partial charge in [0.25, 0.3) is 5.91 Å². The van der Waals surface area contributed by atoms with E-state index >= 15 is 0 Å². The van der Waals surface area contributed by atoms with E-state index in [0.717, 1.165) is 0 Å². The molecule has 0 aliphatic carbocycles. The first-order valence-electron chi connectivity index (χ1n) is 9.76. The molecular weight excluding hydrogens is 422 g/mol. The molecule has 2 amide bonds. The van der Waals surface area contributed by atoms with E-state index in [4.69, 9.17) is 15.2 Å². The molecule has 3 rings (SSSR count). The number of anilines is 1. The monoisotopic (exact) mass is 447 g/mol. The fourth-order valence-corrected chi connectivity index (χ4v) is 4.79. The van der Waals surface area contributed by atoms with Crippen LogP contribution in [0, 0.1) is 5.92 Å². The Morgan fingerprint density at radius 2 is 1.77 bits per heavy atom. The summed E-state index contributed by atoms with van der Waals surface area (Å²) in [5.41, 5.74) is 5.59. The highest BCUT2D eigenvalue weighted by Gasteiger charge is 2.32. The summed E-state index contributed by atoms with van der Waals surface area (Å²) < 4.78 is 37.4. The van der Waals surface area contributed by atoms with Crippen molar-refractivity contribution in [1.29, 1.82) is 0 Å². The van der Waals surface area contributed by atoms with Crippen LogP contribution in [0.2, 0.25) is 0 Å². The van der Waals surface area contributed by atoms with Gasteiger partial charge in [0, 0.05) is 30.8 Å². The molecular formula is C21H25N3O6S. The van der Waals surface area contributed by atoms with Gasteiger partial charge in [-0.25, -0.2) is 8.42 Å². The van der Waals surface area contributed by atoms with Gasteiger partial charge in [0.1, 0.15) is 11.5 Å².